The maximum atomic E-state index is 12.2. The third-order valence-electron chi connectivity index (χ3n) is 3.85. The highest BCUT2D eigenvalue weighted by molar-refractivity contribution is 8.46. The molecule has 0 aromatic carbocycles. The van der Waals surface area contributed by atoms with E-state index in [0.29, 0.717) is 0 Å². The minimum Gasteiger partial charge on any atom is -0.387 e. The fraction of sp³-hybridized carbons (Fsp3) is 0.500. The molecule has 6 N–H and O–H groups in total. The van der Waals surface area contributed by atoms with Gasteiger partial charge in [0, 0.05) is 0 Å². The van der Waals surface area contributed by atoms with Crippen molar-refractivity contribution in [2.75, 3.05) is 12.3 Å². The molecule has 0 radical (unpaired) electrons. The van der Waals surface area contributed by atoms with Crippen molar-refractivity contribution in [1.29, 1.82) is 0 Å². The highest BCUT2D eigenvalue weighted by Gasteiger charge is 2.46. The molecule has 32 heavy (non-hydrogen) atoms. The van der Waals surface area contributed by atoms with Gasteiger partial charge in [-0.15, -0.1) is 0 Å². The number of aliphatic hydroxyl groups is 2. The number of imidazole rings is 1. The average molecular weight is 574 g/mol. The number of ether oxygens (including phenoxy) is 1. The summed E-state index contributed by atoms with van der Waals surface area (Å²) < 4.78 is 54.2. The second-order valence-corrected chi connectivity index (χ2v) is 13.9. The minimum absolute atomic E-state index is 0.0379. The summed E-state index contributed by atoms with van der Waals surface area (Å²) in [7, 11) is -5.37. The summed E-state index contributed by atoms with van der Waals surface area (Å²) in [6, 6.07) is 0. The van der Waals surface area contributed by atoms with Crippen LogP contribution in [0.4, 0.5) is 5.82 Å². The lowest BCUT2D eigenvalue weighted by molar-refractivity contribution is -0.0478. The summed E-state index contributed by atoms with van der Waals surface area (Å²) in [5, 5.41) is 20.4. The number of hydrogen-bond donors (Lipinski definition) is 7. The second-order valence-electron chi connectivity index (χ2n) is 6.13. The fourth-order valence-electron chi connectivity index (χ4n) is 2.66. The van der Waals surface area contributed by atoms with E-state index >= 15 is 0 Å². The number of halogens is 1. The van der Waals surface area contributed by atoms with Crippen LogP contribution in [0.15, 0.2) is 6.33 Å². The van der Waals surface area contributed by atoms with Gasteiger partial charge in [0.15, 0.2) is 17.7 Å². The molecule has 0 bridgehead atoms. The summed E-state index contributed by atoms with van der Waals surface area (Å²) in [5.74, 6) is -0.0379. The zero-order valence-electron chi connectivity index (χ0n) is 15.2. The molecule has 0 spiro atoms. The number of thiol groups is 2. The number of phosphoric acid groups is 1. The molecule has 180 valence electrons. The number of nitrogens with zero attached hydrogens (tertiary/aromatic N) is 4. The van der Waals surface area contributed by atoms with E-state index in [0.717, 1.165) is 0 Å². The molecule has 3 unspecified atom stereocenters. The van der Waals surface area contributed by atoms with E-state index in [1.54, 1.807) is 0 Å². The monoisotopic (exact) mass is 573 g/mol. The van der Waals surface area contributed by atoms with Crippen LogP contribution in [0.2, 0.25) is 5.28 Å². The Hall–Kier alpha value is -0.290. The highest BCUT2D eigenvalue weighted by atomic mass is 35.5. The third-order valence-corrected chi connectivity index (χ3v) is 9.48. The first-order valence-corrected chi connectivity index (χ1v) is 15.3. The van der Waals surface area contributed by atoms with Crippen molar-refractivity contribution in [3.05, 3.63) is 11.6 Å². The van der Waals surface area contributed by atoms with Gasteiger partial charge in [-0.2, -0.15) is 18.6 Å². The number of nitrogen functional groups attached to an aromatic ring is 1. The molecule has 3 rings (SSSR count). The van der Waals surface area contributed by atoms with Gasteiger partial charge in [0.2, 0.25) is 5.28 Å². The molecule has 1 saturated heterocycles. The van der Waals surface area contributed by atoms with E-state index in [1.807, 2.05) is 0 Å². The second kappa shape index (κ2) is 9.40. The molecule has 1 fully saturated rings. The van der Waals surface area contributed by atoms with Gasteiger partial charge in [0.05, 0.1) is 12.9 Å². The van der Waals surface area contributed by atoms with Gasteiger partial charge in [0.25, 0.3) is 0 Å². The molecule has 0 aliphatic carbocycles. The van der Waals surface area contributed by atoms with Crippen LogP contribution < -0.4 is 5.73 Å². The lowest BCUT2D eigenvalue weighted by atomic mass is 10.1. The Labute approximate surface area is 194 Å². The number of anilines is 1. The Morgan fingerprint density at radius 3 is 2.47 bits per heavy atom. The van der Waals surface area contributed by atoms with Gasteiger partial charge in [-0.25, -0.2) is 18.7 Å². The van der Waals surface area contributed by atoms with Gasteiger partial charge in [-0.05, 0) is 11.6 Å². The van der Waals surface area contributed by atoms with Crippen LogP contribution in [0, 0.1) is 0 Å². The molecular weight excluding hydrogens is 559 g/mol. The molecule has 22 heteroatoms. The normalized spacial score (nSPS) is 29.5. The van der Waals surface area contributed by atoms with Gasteiger partial charge in [-0.3, -0.25) is 9.09 Å². The summed E-state index contributed by atoms with van der Waals surface area (Å²) >= 11 is 12.3. The molecule has 1 aliphatic rings. The zero-order chi connectivity index (χ0) is 24.1. The van der Waals surface area contributed by atoms with E-state index in [9.17, 15) is 28.8 Å². The predicted molar refractivity (Wildman–Crippen MR) is 114 cm³/mol. The number of fused-ring (bicyclic) bond motifs is 1. The first-order valence-electron chi connectivity index (χ1n) is 8.04. The molecule has 16 nitrogen and oxygen atoms in total. The quantitative estimate of drug-likeness (QED) is 0.132. The number of aromatic nitrogens is 4. The zero-order valence-corrected chi connectivity index (χ0v) is 20.4. The number of hydrogen-bond acceptors (Lipinski definition) is 13. The van der Waals surface area contributed by atoms with Crippen molar-refractivity contribution < 1.29 is 51.6 Å². The average Bonchev–Trinajstić information content (AvgIpc) is 3.12. The van der Waals surface area contributed by atoms with E-state index < -0.39 is 52.6 Å². The summed E-state index contributed by atoms with van der Waals surface area (Å²) in [5.41, 5.74) is 5.95. The molecule has 0 amide bonds. The van der Waals surface area contributed by atoms with Crippen LogP contribution in [0.3, 0.4) is 0 Å². The first kappa shape index (κ1) is 26.3. The van der Waals surface area contributed by atoms with Crippen molar-refractivity contribution in [2.24, 2.45) is 0 Å². The van der Waals surface area contributed by atoms with Crippen LogP contribution in [0.1, 0.15) is 6.23 Å². The van der Waals surface area contributed by atoms with Crippen LogP contribution in [0.25, 0.3) is 11.2 Å². The Balaban J connectivity index is 1.72. The van der Waals surface area contributed by atoms with E-state index in [4.69, 9.17) is 31.5 Å². The van der Waals surface area contributed by atoms with Crippen molar-refractivity contribution in [3.8, 4) is 0 Å². The van der Waals surface area contributed by atoms with Crippen molar-refractivity contribution in [2.45, 2.75) is 24.5 Å². The molecule has 1 aliphatic heterocycles. The van der Waals surface area contributed by atoms with E-state index in [-0.39, 0.29) is 22.3 Å². The third kappa shape index (κ3) is 6.23. The Bertz CT molecular complexity index is 1160. The van der Waals surface area contributed by atoms with Gasteiger partial charge >= 0.3 is 21.4 Å². The summed E-state index contributed by atoms with van der Waals surface area (Å²) in [6.45, 7) is -10.2. The molecule has 0 saturated carbocycles. The Morgan fingerprint density at radius 2 is 1.84 bits per heavy atom. The minimum atomic E-state index is -5.37. The Morgan fingerprint density at radius 1 is 1.19 bits per heavy atom. The lowest BCUT2D eigenvalue weighted by Gasteiger charge is -2.20. The molecule has 2 aromatic rings. The van der Waals surface area contributed by atoms with E-state index in [2.05, 4.69) is 48.1 Å². The van der Waals surface area contributed by atoms with E-state index in [1.165, 1.54) is 10.9 Å². The van der Waals surface area contributed by atoms with Crippen molar-refractivity contribution in [1.82, 2.24) is 19.5 Å². The maximum absolute atomic E-state index is 12.2. The smallest absolute Gasteiger partial charge is 0.387 e. The van der Waals surface area contributed by atoms with Gasteiger partial charge in [-0.1, -0.05) is 24.5 Å². The van der Waals surface area contributed by atoms with Crippen molar-refractivity contribution in [3.63, 3.8) is 0 Å². The van der Waals surface area contributed by atoms with Crippen molar-refractivity contribution >= 4 is 74.5 Å². The Kier molecular flexibility index (Phi) is 7.73. The maximum Gasteiger partial charge on any atom is 0.487 e. The van der Waals surface area contributed by atoms with Gasteiger partial charge in [0.1, 0.15) is 23.8 Å². The predicted octanol–water partition coefficient (Wildman–Crippen LogP) is 0.899. The van der Waals surface area contributed by atoms with Crippen LogP contribution in [0.5, 0.6) is 0 Å². The van der Waals surface area contributed by atoms with Crippen LogP contribution >= 0.6 is 57.5 Å². The fourth-order valence-corrected chi connectivity index (χ4v) is 7.73. The largest absolute Gasteiger partial charge is 0.487 e. The number of aliphatic hydroxyl groups excluding tert-OH is 2. The number of nitrogens with two attached hydrogens (primary N) is 1. The highest BCUT2D eigenvalue weighted by Crippen LogP contribution is 2.71. The molecule has 2 aromatic heterocycles. The van der Waals surface area contributed by atoms with Crippen LogP contribution in [-0.4, -0.2) is 64.4 Å². The molecule has 3 heterocycles. The molecule has 7 atom stereocenters. The summed E-state index contributed by atoms with van der Waals surface area (Å²) in [6.07, 6.45) is -4.59. The standard InChI is InChI=1S/C10H15ClN5O11P3S2/c11-10-14-7(12)4-8(15-10)16(2-13-4)9-6(18)5(17)3(25-9)1-24-30(23,32)27-28(19,20)26-29(21,22)31/h2-3,5-6,9,17-18H,1H2,(H,19,20)(H,23,32)(H2,12,14,15)(H2,21,22,31)/t3-,5-,6?,9-,30-/m1/s1. The number of rotatable bonds is 8. The first-order chi connectivity index (χ1) is 14.6. The molecular formula is C10H15ClN5O11P3S2. The lowest BCUT2D eigenvalue weighted by Crippen LogP contribution is -2.33. The summed E-state index contributed by atoms with van der Waals surface area (Å²) in [4.78, 5) is 29.9. The SMILES string of the molecule is Nc1nc(Cl)nc2c1ncn2[C@@H]1O[C@H](CO[P@@](=O)(S)OP(=O)(O)OP(=O)(O)S)[C@@H](O)C1O. The van der Waals surface area contributed by atoms with Crippen LogP contribution in [-0.2, 0) is 31.6 Å². The van der Waals surface area contributed by atoms with Gasteiger partial charge < -0.3 is 30.5 Å². The topological polar surface area (TPSA) is 239 Å².